The molecule has 1 saturated heterocycles. The maximum absolute atomic E-state index is 11.7. The standard InChI is InChI=1S/C12H18N2O3S/c15-11(9-1-4-18-8-9)7-14-12(16)5-10-6-13-2-3-17-10/h1,4,8,10-11,13,15H,2-3,5-7H2,(H,14,16). The molecule has 1 aliphatic rings. The number of thiophene rings is 1. The van der Waals surface area contributed by atoms with E-state index in [4.69, 9.17) is 4.74 Å². The summed E-state index contributed by atoms with van der Waals surface area (Å²) in [4.78, 5) is 11.7. The van der Waals surface area contributed by atoms with Gasteiger partial charge in [-0.15, -0.1) is 0 Å². The molecule has 0 aromatic carbocycles. The first kappa shape index (κ1) is 13.5. The van der Waals surface area contributed by atoms with Gasteiger partial charge in [-0.25, -0.2) is 0 Å². The minimum Gasteiger partial charge on any atom is -0.387 e. The van der Waals surface area contributed by atoms with Crippen LogP contribution in [0.15, 0.2) is 16.8 Å². The van der Waals surface area contributed by atoms with Crippen molar-refractivity contribution < 1.29 is 14.6 Å². The fraction of sp³-hybridized carbons (Fsp3) is 0.583. The summed E-state index contributed by atoms with van der Waals surface area (Å²) in [5.74, 6) is -0.0852. The summed E-state index contributed by atoms with van der Waals surface area (Å²) in [7, 11) is 0. The number of carbonyl (C=O) groups is 1. The maximum atomic E-state index is 11.7. The van der Waals surface area contributed by atoms with Crippen LogP contribution in [0.2, 0.25) is 0 Å². The van der Waals surface area contributed by atoms with Gasteiger partial charge in [0, 0.05) is 19.6 Å². The van der Waals surface area contributed by atoms with E-state index >= 15 is 0 Å². The van der Waals surface area contributed by atoms with E-state index in [9.17, 15) is 9.90 Å². The molecule has 0 radical (unpaired) electrons. The highest BCUT2D eigenvalue weighted by atomic mass is 32.1. The van der Waals surface area contributed by atoms with Gasteiger partial charge in [0.25, 0.3) is 0 Å². The number of ether oxygens (including phenoxy) is 1. The van der Waals surface area contributed by atoms with E-state index in [1.165, 1.54) is 11.3 Å². The molecule has 3 N–H and O–H groups in total. The van der Waals surface area contributed by atoms with Crippen molar-refractivity contribution in [2.24, 2.45) is 0 Å². The predicted molar refractivity (Wildman–Crippen MR) is 69.5 cm³/mol. The number of hydrogen-bond acceptors (Lipinski definition) is 5. The first-order valence-corrected chi connectivity index (χ1v) is 6.99. The number of morpholine rings is 1. The zero-order valence-electron chi connectivity index (χ0n) is 10.1. The number of carbonyl (C=O) groups excluding carboxylic acids is 1. The van der Waals surface area contributed by atoms with Gasteiger partial charge >= 0.3 is 0 Å². The Morgan fingerprint density at radius 3 is 3.28 bits per heavy atom. The molecule has 1 aromatic heterocycles. The molecule has 1 aliphatic heterocycles. The van der Waals surface area contributed by atoms with Crippen LogP contribution in [0.4, 0.5) is 0 Å². The number of aliphatic hydroxyl groups excluding tert-OH is 1. The van der Waals surface area contributed by atoms with Gasteiger partial charge < -0.3 is 20.5 Å². The first-order valence-electron chi connectivity index (χ1n) is 6.05. The molecule has 1 aromatic rings. The van der Waals surface area contributed by atoms with Gasteiger partial charge in [0.1, 0.15) is 0 Å². The van der Waals surface area contributed by atoms with Crippen molar-refractivity contribution in [2.45, 2.75) is 18.6 Å². The molecule has 2 heterocycles. The number of amides is 1. The summed E-state index contributed by atoms with van der Waals surface area (Å²) in [6.07, 6.45) is -0.355. The second-order valence-corrected chi connectivity index (χ2v) is 5.06. The third-order valence-electron chi connectivity index (χ3n) is 2.84. The molecular formula is C12H18N2O3S. The summed E-state index contributed by atoms with van der Waals surface area (Å²) >= 11 is 1.53. The van der Waals surface area contributed by atoms with Gasteiger partial charge in [-0.05, 0) is 22.4 Å². The quantitative estimate of drug-likeness (QED) is 0.718. The molecule has 0 saturated carbocycles. The summed E-state index contributed by atoms with van der Waals surface area (Å²) in [5, 5.41) is 19.5. The molecule has 6 heteroatoms. The molecular weight excluding hydrogens is 252 g/mol. The van der Waals surface area contributed by atoms with Crippen LogP contribution in [0.3, 0.4) is 0 Å². The van der Waals surface area contributed by atoms with Crippen molar-refractivity contribution in [1.29, 1.82) is 0 Å². The van der Waals surface area contributed by atoms with Crippen molar-refractivity contribution in [3.63, 3.8) is 0 Å². The monoisotopic (exact) mass is 270 g/mol. The van der Waals surface area contributed by atoms with Crippen LogP contribution in [-0.2, 0) is 9.53 Å². The minimum atomic E-state index is -0.634. The van der Waals surface area contributed by atoms with Gasteiger partial charge in [0.15, 0.2) is 0 Å². The smallest absolute Gasteiger partial charge is 0.222 e. The van der Waals surface area contributed by atoms with E-state index in [2.05, 4.69) is 10.6 Å². The Hall–Kier alpha value is -0.950. The van der Waals surface area contributed by atoms with Crippen molar-refractivity contribution >= 4 is 17.2 Å². The van der Waals surface area contributed by atoms with Crippen molar-refractivity contribution in [2.75, 3.05) is 26.2 Å². The van der Waals surface area contributed by atoms with E-state index in [1.54, 1.807) is 0 Å². The highest BCUT2D eigenvalue weighted by molar-refractivity contribution is 7.07. The summed E-state index contributed by atoms with van der Waals surface area (Å²) in [6, 6.07) is 1.86. The van der Waals surface area contributed by atoms with E-state index in [-0.39, 0.29) is 18.6 Å². The fourth-order valence-electron chi connectivity index (χ4n) is 1.82. The highest BCUT2D eigenvalue weighted by Crippen LogP contribution is 2.15. The van der Waals surface area contributed by atoms with Crippen LogP contribution >= 0.6 is 11.3 Å². The Labute approximate surface area is 110 Å². The third kappa shape index (κ3) is 4.06. The van der Waals surface area contributed by atoms with Crippen LogP contribution in [0.5, 0.6) is 0 Å². The van der Waals surface area contributed by atoms with Crippen LogP contribution in [0, 0.1) is 0 Å². The molecule has 2 unspecified atom stereocenters. The fourth-order valence-corrected chi connectivity index (χ4v) is 2.53. The second kappa shape index (κ2) is 6.84. The Balaban J connectivity index is 1.68. The lowest BCUT2D eigenvalue weighted by molar-refractivity contribution is -0.124. The molecule has 0 aliphatic carbocycles. The van der Waals surface area contributed by atoms with Crippen molar-refractivity contribution in [3.05, 3.63) is 22.4 Å². The molecule has 18 heavy (non-hydrogen) atoms. The van der Waals surface area contributed by atoms with E-state index in [0.717, 1.165) is 12.1 Å². The van der Waals surface area contributed by atoms with Gasteiger partial charge in [-0.2, -0.15) is 11.3 Å². The Kier molecular flexibility index (Phi) is 5.12. The number of aliphatic hydroxyl groups is 1. The molecule has 1 amide bonds. The summed E-state index contributed by atoms with van der Waals surface area (Å²) in [5.41, 5.74) is 0.843. The van der Waals surface area contributed by atoms with E-state index in [0.29, 0.717) is 19.6 Å². The lowest BCUT2D eigenvalue weighted by atomic mass is 10.2. The molecule has 2 atom stereocenters. The average molecular weight is 270 g/mol. The lowest BCUT2D eigenvalue weighted by Crippen LogP contribution is -2.41. The average Bonchev–Trinajstić information content (AvgIpc) is 2.91. The number of nitrogens with one attached hydrogen (secondary N) is 2. The predicted octanol–water partition coefficient (Wildman–Crippen LogP) is 0.276. The van der Waals surface area contributed by atoms with Gasteiger partial charge in [0.05, 0.1) is 25.2 Å². The topological polar surface area (TPSA) is 70.6 Å². The number of hydrogen-bond donors (Lipinski definition) is 3. The number of rotatable bonds is 5. The van der Waals surface area contributed by atoms with E-state index < -0.39 is 6.10 Å². The SMILES string of the molecule is O=C(CC1CNCCO1)NCC(O)c1ccsc1. The highest BCUT2D eigenvalue weighted by Gasteiger charge is 2.18. The van der Waals surface area contributed by atoms with Crippen LogP contribution in [-0.4, -0.2) is 43.4 Å². The minimum absolute atomic E-state index is 0.0583. The van der Waals surface area contributed by atoms with E-state index in [1.807, 2.05) is 16.8 Å². The largest absolute Gasteiger partial charge is 0.387 e. The Morgan fingerprint density at radius 2 is 2.61 bits per heavy atom. The molecule has 0 spiro atoms. The van der Waals surface area contributed by atoms with Crippen LogP contribution in [0.25, 0.3) is 0 Å². The molecule has 2 rings (SSSR count). The lowest BCUT2D eigenvalue weighted by Gasteiger charge is -2.23. The summed E-state index contributed by atoms with van der Waals surface area (Å²) in [6.45, 7) is 2.45. The van der Waals surface area contributed by atoms with Gasteiger partial charge in [-0.1, -0.05) is 0 Å². The molecule has 100 valence electrons. The van der Waals surface area contributed by atoms with Gasteiger partial charge in [-0.3, -0.25) is 4.79 Å². The zero-order chi connectivity index (χ0) is 12.8. The van der Waals surface area contributed by atoms with Crippen molar-refractivity contribution in [3.8, 4) is 0 Å². The summed E-state index contributed by atoms with van der Waals surface area (Å²) < 4.78 is 5.44. The molecule has 5 nitrogen and oxygen atoms in total. The second-order valence-electron chi connectivity index (χ2n) is 4.28. The Bertz CT molecular complexity index is 363. The molecule has 0 bridgehead atoms. The van der Waals surface area contributed by atoms with Gasteiger partial charge in [0.2, 0.25) is 5.91 Å². The molecule has 1 fully saturated rings. The van der Waals surface area contributed by atoms with Crippen molar-refractivity contribution in [1.82, 2.24) is 10.6 Å². The van der Waals surface area contributed by atoms with Crippen LogP contribution in [0.1, 0.15) is 18.1 Å². The zero-order valence-corrected chi connectivity index (χ0v) is 10.9. The normalized spacial score (nSPS) is 21.5. The maximum Gasteiger partial charge on any atom is 0.222 e. The Morgan fingerprint density at radius 1 is 1.72 bits per heavy atom. The third-order valence-corrected chi connectivity index (χ3v) is 3.54. The van der Waals surface area contributed by atoms with Crippen LogP contribution < -0.4 is 10.6 Å². The first-order chi connectivity index (χ1) is 8.75.